The van der Waals surface area contributed by atoms with Crippen LogP contribution in [0.2, 0.25) is 0 Å². The van der Waals surface area contributed by atoms with E-state index >= 15 is 0 Å². The number of anilines is 1. The summed E-state index contributed by atoms with van der Waals surface area (Å²) in [6.07, 6.45) is 7.18. The molecule has 0 saturated heterocycles. The van der Waals surface area contributed by atoms with Crippen molar-refractivity contribution in [2.45, 2.75) is 6.54 Å². The molecular formula is C20H17N7O2. The van der Waals surface area contributed by atoms with Gasteiger partial charge in [-0.2, -0.15) is 5.10 Å². The van der Waals surface area contributed by atoms with Gasteiger partial charge in [0.05, 0.1) is 18.9 Å². The number of aromatic nitrogens is 6. The van der Waals surface area contributed by atoms with E-state index in [1.54, 1.807) is 19.5 Å². The van der Waals surface area contributed by atoms with E-state index in [2.05, 4.69) is 35.7 Å². The van der Waals surface area contributed by atoms with Crippen molar-refractivity contribution in [3.63, 3.8) is 0 Å². The molecular weight excluding hydrogens is 370 g/mol. The molecule has 0 aliphatic carbocycles. The van der Waals surface area contributed by atoms with Gasteiger partial charge in [0.15, 0.2) is 0 Å². The molecule has 29 heavy (non-hydrogen) atoms. The number of nitrogens with zero attached hydrogens (tertiary/aromatic N) is 4. The average molecular weight is 387 g/mol. The van der Waals surface area contributed by atoms with Crippen molar-refractivity contribution in [1.82, 2.24) is 30.4 Å². The Balaban J connectivity index is 1.39. The first kappa shape index (κ1) is 17.0. The molecule has 9 nitrogen and oxygen atoms in total. The zero-order valence-electron chi connectivity index (χ0n) is 15.5. The SMILES string of the molecule is COc1cccc(CNc2nnc(-c3c[nH]c4ncc(-c5cn[nH]c5)cc34)o2)c1. The number of fused-ring (bicyclic) bond motifs is 1. The second-order valence-electron chi connectivity index (χ2n) is 6.43. The normalized spacial score (nSPS) is 11.1. The molecule has 0 fully saturated rings. The summed E-state index contributed by atoms with van der Waals surface area (Å²) in [4.78, 5) is 7.61. The van der Waals surface area contributed by atoms with E-state index in [1.807, 2.05) is 42.7 Å². The predicted molar refractivity (Wildman–Crippen MR) is 107 cm³/mol. The molecule has 4 heterocycles. The van der Waals surface area contributed by atoms with Crippen LogP contribution in [0.25, 0.3) is 33.6 Å². The number of rotatable bonds is 6. The van der Waals surface area contributed by atoms with E-state index < -0.39 is 0 Å². The third kappa shape index (κ3) is 3.29. The van der Waals surface area contributed by atoms with Gasteiger partial charge in [-0.15, -0.1) is 5.10 Å². The van der Waals surface area contributed by atoms with E-state index in [4.69, 9.17) is 9.15 Å². The number of methoxy groups -OCH3 is 1. The smallest absolute Gasteiger partial charge is 0.316 e. The Labute approximate surface area is 165 Å². The van der Waals surface area contributed by atoms with Gasteiger partial charge < -0.3 is 19.5 Å². The van der Waals surface area contributed by atoms with Crippen LogP contribution in [0.4, 0.5) is 6.01 Å². The van der Waals surface area contributed by atoms with Gasteiger partial charge in [0.25, 0.3) is 5.89 Å². The minimum Gasteiger partial charge on any atom is -0.497 e. The van der Waals surface area contributed by atoms with Gasteiger partial charge >= 0.3 is 6.01 Å². The van der Waals surface area contributed by atoms with E-state index in [9.17, 15) is 0 Å². The second kappa shape index (κ2) is 7.12. The number of pyridine rings is 1. The first-order valence-corrected chi connectivity index (χ1v) is 8.97. The van der Waals surface area contributed by atoms with Gasteiger partial charge in [-0.25, -0.2) is 4.98 Å². The van der Waals surface area contributed by atoms with Crippen LogP contribution in [-0.2, 0) is 6.54 Å². The van der Waals surface area contributed by atoms with Crippen molar-refractivity contribution >= 4 is 17.0 Å². The lowest BCUT2D eigenvalue weighted by Crippen LogP contribution is -1.99. The van der Waals surface area contributed by atoms with Crippen LogP contribution in [0.3, 0.4) is 0 Å². The molecule has 0 bridgehead atoms. The summed E-state index contributed by atoms with van der Waals surface area (Å²) in [5.74, 6) is 1.21. The highest BCUT2D eigenvalue weighted by molar-refractivity contribution is 5.93. The van der Waals surface area contributed by atoms with Gasteiger partial charge in [0.2, 0.25) is 0 Å². The van der Waals surface area contributed by atoms with Crippen LogP contribution >= 0.6 is 0 Å². The van der Waals surface area contributed by atoms with Gasteiger partial charge in [-0.05, 0) is 23.8 Å². The van der Waals surface area contributed by atoms with Crippen molar-refractivity contribution in [2.24, 2.45) is 0 Å². The van der Waals surface area contributed by atoms with Gasteiger partial charge in [0.1, 0.15) is 11.4 Å². The van der Waals surface area contributed by atoms with Crippen LogP contribution in [0.1, 0.15) is 5.56 Å². The Morgan fingerprint density at radius 2 is 2.07 bits per heavy atom. The number of aromatic amines is 2. The molecule has 9 heteroatoms. The fourth-order valence-electron chi connectivity index (χ4n) is 3.11. The zero-order valence-corrected chi connectivity index (χ0v) is 15.5. The highest BCUT2D eigenvalue weighted by atomic mass is 16.5. The molecule has 144 valence electrons. The largest absolute Gasteiger partial charge is 0.497 e. The van der Waals surface area contributed by atoms with Gasteiger partial charge in [-0.1, -0.05) is 17.2 Å². The molecule has 4 aromatic heterocycles. The Morgan fingerprint density at radius 3 is 2.93 bits per heavy atom. The molecule has 1 aromatic carbocycles. The molecule has 0 aliphatic rings. The maximum atomic E-state index is 5.81. The van der Waals surface area contributed by atoms with E-state index in [-0.39, 0.29) is 0 Å². The summed E-state index contributed by atoms with van der Waals surface area (Å²) < 4.78 is 11.1. The fourth-order valence-corrected chi connectivity index (χ4v) is 3.11. The number of ether oxygens (including phenoxy) is 1. The van der Waals surface area contributed by atoms with Crippen molar-refractivity contribution in [2.75, 3.05) is 12.4 Å². The summed E-state index contributed by atoms with van der Waals surface area (Å²) >= 11 is 0. The second-order valence-corrected chi connectivity index (χ2v) is 6.43. The van der Waals surface area contributed by atoms with Crippen LogP contribution < -0.4 is 10.1 Å². The fraction of sp³-hybridized carbons (Fsp3) is 0.100. The topological polar surface area (TPSA) is 118 Å². The Morgan fingerprint density at radius 1 is 1.10 bits per heavy atom. The monoisotopic (exact) mass is 387 g/mol. The first-order chi connectivity index (χ1) is 14.3. The average Bonchev–Trinajstić information content (AvgIpc) is 3.52. The third-order valence-electron chi connectivity index (χ3n) is 4.60. The summed E-state index contributed by atoms with van der Waals surface area (Å²) in [7, 11) is 1.64. The number of hydrogen-bond acceptors (Lipinski definition) is 7. The summed E-state index contributed by atoms with van der Waals surface area (Å²) in [5.41, 5.74) is 4.49. The lowest BCUT2D eigenvalue weighted by atomic mass is 10.1. The molecule has 3 N–H and O–H groups in total. The minimum atomic E-state index is 0.344. The lowest BCUT2D eigenvalue weighted by molar-refractivity contribution is 0.414. The molecule has 0 spiro atoms. The van der Waals surface area contributed by atoms with Crippen molar-refractivity contribution in [1.29, 1.82) is 0 Å². The molecule has 0 saturated carbocycles. The van der Waals surface area contributed by atoms with Gasteiger partial charge in [0, 0.05) is 41.6 Å². The van der Waals surface area contributed by atoms with E-state index in [0.29, 0.717) is 18.5 Å². The van der Waals surface area contributed by atoms with Crippen LogP contribution in [-0.4, -0.2) is 37.5 Å². The highest BCUT2D eigenvalue weighted by Gasteiger charge is 2.15. The maximum Gasteiger partial charge on any atom is 0.316 e. The highest BCUT2D eigenvalue weighted by Crippen LogP contribution is 2.30. The Hall–Kier alpha value is -4.14. The molecule has 0 amide bonds. The number of nitrogens with one attached hydrogen (secondary N) is 3. The third-order valence-corrected chi connectivity index (χ3v) is 4.60. The van der Waals surface area contributed by atoms with Crippen LogP contribution in [0, 0.1) is 0 Å². The van der Waals surface area contributed by atoms with Crippen molar-refractivity contribution < 1.29 is 9.15 Å². The summed E-state index contributed by atoms with van der Waals surface area (Å²) in [5, 5.41) is 19.1. The standard InChI is InChI=1S/C20H17N7O2/c1-28-15-4-2-3-12(5-15)7-23-20-27-26-19(29-20)17-11-22-18-16(17)6-13(8-21-18)14-9-24-25-10-14/h2-6,8-11H,7H2,1H3,(H,21,22)(H,23,27)(H,24,25). The van der Waals surface area contributed by atoms with E-state index in [0.717, 1.165) is 39.0 Å². The number of benzene rings is 1. The zero-order chi connectivity index (χ0) is 19.6. The maximum absolute atomic E-state index is 5.81. The quantitative estimate of drug-likeness (QED) is 0.407. The summed E-state index contributed by atoms with van der Waals surface area (Å²) in [6, 6.07) is 10.1. The Bertz CT molecular complexity index is 1260. The van der Waals surface area contributed by atoms with E-state index in [1.165, 1.54) is 0 Å². The number of H-pyrrole nitrogens is 2. The molecule has 0 aliphatic heterocycles. The molecule has 5 aromatic rings. The number of hydrogen-bond donors (Lipinski definition) is 3. The molecule has 0 radical (unpaired) electrons. The summed E-state index contributed by atoms with van der Waals surface area (Å²) in [6.45, 7) is 0.541. The lowest BCUT2D eigenvalue weighted by Gasteiger charge is -2.04. The predicted octanol–water partition coefficient (Wildman–Crippen LogP) is 3.62. The Kier molecular flexibility index (Phi) is 4.17. The van der Waals surface area contributed by atoms with Crippen molar-refractivity contribution in [3.8, 4) is 28.3 Å². The first-order valence-electron chi connectivity index (χ1n) is 8.97. The minimum absolute atomic E-state index is 0.344. The van der Waals surface area contributed by atoms with Crippen LogP contribution in [0.5, 0.6) is 5.75 Å². The molecule has 5 rings (SSSR count). The van der Waals surface area contributed by atoms with Gasteiger partial charge in [-0.3, -0.25) is 5.10 Å². The molecule has 0 atom stereocenters. The van der Waals surface area contributed by atoms with Crippen LogP contribution in [0.15, 0.2) is 59.5 Å². The molecule has 0 unspecified atom stereocenters. The van der Waals surface area contributed by atoms with Crippen molar-refractivity contribution in [3.05, 3.63) is 60.7 Å².